The summed E-state index contributed by atoms with van der Waals surface area (Å²) in [5.74, 6) is 0.0458. The maximum atomic E-state index is 13.4. The highest BCUT2D eigenvalue weighted by Crippen LogP contribution is 2.37. The molecule has 0 atom stereocenters. The molecule has 1 aliphatic rings. The summed E-state index contributed by atoms with van der Waals surface area (Å²) in [4.78, 5) is 37.9. The van der Waals surface area contributed by atoms with Gasteiger partial charge in [0.2, 0.25) is 11.7 Å². The number of ether oxygens (including phenoxy) is 2. The van der Waals surface area contributed by atoms with Gasteiger partial charge in [-0.25, -0.2) is 18.5 Å². The van der Waals surface area contributed by atoms with E-state index in [2.05, 4.69) is 9.46 Å². The number of rotatable bonds is 7. The Morgan fingerprint density at radius 3 is 2.50 bits per heavy atom. The average molecular weight is 528 g/mol. The largest absolute Gasteiger partial charge is 0.465 e. The van der Waals surface area contributed by atoms with Crippen molar-refractivity contribution < 1.29 is 28.1 Å². The number of aromatic nitrogens is 2. The van der Waals surface area contributed by atoms with Crippen molar-refractivity contribution in [3.63, 3.8) is 0 Å². The number of hydrogen-bond donors (Lipinski definition) is 0. The van der Waals surface area contributed by atoms with Crippen molar-refractivity contribution in [2.24, 2.45) is 11.4 Å². The normalized spacial score (nSPS) is 14.9. The van der Waals surface area contributed by atoms with Crippen molar-refractivity contribution in [1.82, 2.24) is 9.78 Å². The second kappa shape index (κ2) is 11.4. The molecule has 0 N–H and O–H groups in total. The van der Waals surface area contributed by atoms with Gasteiger partial charge in [0.1, 0.15) is 11.3 Å². The summed E-state index contributed by atoms with van der Waals surface area (Å²) in [6, 6.07) is 2.74. The van der Waals surface area contributed by atoms with Crippen LogP contribution in [0, 0.1) is 0 Å². The van der Waals surface area contributed by atoms with E-state index in [0.717, 1.165) is 37.4 Å². The average Bonchev–Trinajstić information content (AvgIpc) is 3.18. The Kier molecular flexibility index (Phi) is 8.78. The van der Waals surface area contributed by atoms with E-state index in [4.69, 9.17) is 21.1 Å². The van der Waals surface area contributed by atoms with Gasteiger partial charge in [-0.15, -0.1) is 0 Å². The predicted molar refractivity (Wildman–Crippen MR) is 132 cm³/mol. The van der Waals surface area contributed by atoms with E-state index in [0.29, 0.717) is 17.3 Å². The molecule has 0 radical (unpaired) electrons. The third-order valence-electron chi connectivity index (χ3n) is 5.18. The molecule has 1 aromatic heterocycles. The second-order valence-electron chi connectivity index (χ2n) is 7.66. The molecule has 0 bridgehead atoms. The molecular formula is C22H26ClN3O6S2. The fourth-order valence-electron chi connectivity index (χ4n) is 3.44. The molecule has 34 heavy (non-hydrogen) atoms. The maximum Gasteiger partial charge on any atom is 0.374 e. The van der Waals surface area contributed by atoms with Crippen molar-refractivity contribution in [3.8, 4) is 5.88 Å². The molecule has 0 spiro atoms. The number of halogens is 1. The van der Waals surface area contributed by atoms with Gasteiger partial charge in [0.15, 0.2) is 0 Å². The number of carbonyl (C=O) groups excluding carboxylic acids is 3. The summed E-state index contributed by atoms with van der Waals surface area (Å²) in [6.45, 7) is 1.93. The van der Waals surface area contributed by atoms with Crippen LogP contribution in [0.4, 0.5) is 10.5 Å². The standard InChI is InChI=1S/C22H26ClN3O6S2/c1-4-10-33-22(29)32-20-16(13-24-26(20)2)19(27)14-8-9-15(21(28)31-3)18(17(14)23)25-34(30)11-6-5-7-12-34/h8-9,13H,4-7,10-12H2,1-3H3. The summed E-state index contributed by atoms with van der Waals surface area (Å²) in [6.07, 6.45) is 4.54. The third kappa shape index (κ3) is 5.81. The first-order valence-corrected chi connectivity index (χ1v) is 14.0. The van der Waals surface area contributed by atoms with Gasteiger partial charge in [-0.05, 0) is 43.2 Å². The molecule has 1 aromatic carbocycles. The highest BCUT2D eigenvalue weighted by Gasteiger charge is 2.28. The molecule has 2 aromatic rings. The zero-order valence-corrected chi connectivity index (χ0v) is 21.6. The number of ketones is 1. The smallest absolute Gasteiger partial charge is 0.374 e. The van der Waals surface area contributed by atoms with E-state index < -0.39 is 26.8 Å². The van der Waals surface area contributed by atoms with Gasteiger partial charge in [-0.2, -0.15) is 9.46 Å². The molecule has 1 fully saturated rings. The minimum Gasteiger partial charge on any atom is -0.465 e. The second-order valence-corrected chi connectivity index (χ2v) is 11.6. The fraction of sp³-hybridized carbons (Fsp3) is 0.455. The highest BCUT2D eigenvalue weighted by atomic mass is 35.5. The lowest BCUT2D eigenvalue weighted by Crippen LogP contribution is -2.16. The zero-order valence-electron chi connectivity index (χ0n) is 19.2. The van der Waals surface area contributed by atoms with E-state index in [9.17, 15) is 18.6 Å². The predicted octanol–water partition coefficient (Wildman–Crippen LogP) is 5.02. The topological polar surface area (TPSA) is 117 Å². The summed E-state index contributed by atoms with van der Waals surface area (Å²) in [5, 5.41) is 3.35. The Hall–Kier alpha value is -2.37. The minimum atomic E-state index is -2.63. The van der Waals surface area contributed by atoms with Crippen LogP contribution in [0.1, 0.15) is 58.9 Å². The fourth-order valence-corrected chi connectivity index (χ4v) is 6.51. The van der Waals surface area contributed by atoms with Crippen LogP contribution in [-0.2, 0) is 21.5 Å². The van der Waals surface area contributed by atoms with Crippen LogP contribution in [-0.4, -0.2) is 55.4 Å². The van der Waals surface area contributed by atoms with Gasteiger partial charge < -0.3 is 9.47 Å². The van der Waals surface area contributed by atoms with Gasteiger partial charge in [0.05, 0.1) is 33.6 Å². The lowest BCUT2D eigenvalue weighted by Gasteiger charge is -2.17. The summed E-state index contributed by atoms with van der Waals surface area (Å²) >= 11 is 7.58. The van der Waals surface area contributed by atoms with Crippen LogP contribution in [0.15, 0.2) is 22.7 Å². The molecule has 3 rings (SSSR count). The third-order valence-corrected chi connectivity index (χ3v) is 8.87. The molecule has 1 saturated heterocycles. The number of methoxy groups -OCH3 is 1. The number of hydrogen-bond acceptors (Lipinski definition) is 9. The van der Waals surface area contributed by atoms with Crippen LogP contribution in [0.2, 0.25) is 5.02 Å². The summed E-state index contributed by atoms with van der Waals surface area (Å²) in [5.41, 5.74) is 0.0187. The number of thioether (sulfide) groups is 1. The number of esters is 1. The number of carbonyl (C=O) groups is 3. The number of benzene rings is 1. The highest BCUT2D eigenvalue weighted by molar-refractivity contribution is 8.13. The monoisotopic (exact) mass is 527 g/mol. The minimum absolute atomic E-state index is 0.0124. The first-order chi connectivity index (χ1) is 16.2. The molecule has 0 aliphatic carbocycles. The maximum absolute atomic E-state index is 13.4. The van der Waals surface area contributed by atoms with Gasteiger partial charge in [-0.3, -0.25) is 4.79 Å². The Balaban J connectivity index is 2.07. The molecule has 2 heterocycles. The van der Waals surface area contributed by atoms with E-state index in [1.165, 1.54) is 30.1 Å². The van der Waals surface area contributed by atoms with Crippen molar-refractivity contribution in [2.75, 3.05) is 24.4 Å². The zero-order chi connectivity index (χ0) is 24.9. The van der Waals surface area contributed by atoms with Crippen LogP contribution in [0.3, 0.4) is 0 Å². The molecule has 0 saturated carbocycles. The molecule has 0 amide bonds. The van der Waals surface area contributed by atoms with E-state index in [1.807, 2.05) is 6.92 Å². The van der Waals surface area contributed by atoms with Crippen LogP contribution >= 0.6 is 23.4 Å². The van der Waals surface area contributed by atoms with Gasteiger partial charge >= 0.3 is 11.3 Å². The quantitative estimate of drug-likeness (QED) is 0.364. The van der Waals surface area contributed by atoms with Gasteiger partial charge in [0.25, 0.3) is 0 Å². The Morgan fingerprint density at radius 2 is 1.85 bits per heavy atom. The Bertz CT molecular complexity index is 1220. The molecule has 184 valence electrons. The number of nitrogens with zero attached hydrogens (tertiary/aromatic N) is 3. The molecule has 0 unspecified atom stereocenters. The van der Waals surface area contributed by atoms with Gasteiger partial charge in [0, 0.05) is 29.9 Å². The first-order valence-electron chi connectivity index (χ1n) is 10.8. The lowest BCUT2D eigenvalue weighted by molar-refractivity contribution is 0.0601. The van der Waals surface area contributed by atoms with Crippen LogP contribution in [0.25, 0.3) is 0 Å². The summed E-state index contributed by atoms with van der Waals surface area (Å²) in [7, 11) is 0.123. The van der Waals surface area contributed by atoms with Gasteiger partial charge in [-0.1, -0.05) is 24.9 Å². The van der Waals surface area contributed by atoms with Crippen molar-refractivity contribution >= 4 is 55.8 Å². The van der Waals surface area contributed by atoms with Crippen LogP contribution in [0.5, 0.6) is 5.88 Å². The molecule has 12 heteroatoms. The molecule has 9 nitrogen and oxygen atoms in total. The van der Waals surface area contributed by atoms with E-state index in [-0.39, 0.29) is 33.3 Å². The Morgan fingerprint density at radius 1 is 1.18 bits per heavy atom. The summed E-state index contributed by atoms with van der Waals surface area (Å²) < 4.78 is 29.1. The van der Waals surface area contributed by atoms with Crippen molar-refractivity contribution in [2.45, 2.75) is 32.6 Å². The first kappa shape index (κ1) is 26.2. The SMILES string of the molecule is CCCSC(=O)Oc1c(C(=O)c2ccc(C(=O)OC)c(N=S3(=O)CCCCC3)c2Cl)cnn1C. The number of aryl methyl sites for hydroxylation is 1. The van der Waals surface area contributed by atoms with Crippen molar-refractivity contribution in [3.05, 3.63) is 40.0 Å². The van der Waals surface area contributed by atoms with Crippen LogP contribution < -0.4 is 4.74 Å². The van der Waals surface area contributed by atoms with E-state index >= 15 is 0 Å². The lowest BCUT2D eigenvalue weighted by atomic mass is 10.0. The Labute approximate surface area is 207 Å². The van der Waals surface area contributed by atoms with E-state index in [1.54, 1.807) is 7.05 Å². The molecule has 1 aliphatic heterocycles. The molecular weight excluding hydrogens is 502 g/mol. The van der Waals surface area contributed by atoms with Crippen molar-refractivity contribution in [1.29, 1.82) is 0 Å².